The van der Waals surface area contributed by atoms with Crippen LogP contribution in [0.25, 0.3) is 0 Å². The molecule has 0 aliphatic rings. The maximum Gasteiger partial charge on any atom is 0.243 e. The molecule has 0 radical (unpaired) electrons. The molecule has 2 rings (SSSR count). The highest BCUT2D eigenvalue weighted by Gasteiger charge is 2.25. The van der Waals surface area contributed by atoms with Gasteiger partial charge in [0.2, 0.25) is 10.0 Å². The lowest BCUT2D eigenvalue weighted by Crippen LogP contribution is -2.31. The van der Waals surface area contributed by atoms with Gasteiger partial charge in [-0.3, -0.25) is 0 Å². The van der Waals surface area contributed by atoms with Crippen LogP contribution in [0.4, 0.5) is 0 Å². The molecule has 2 aromatic carbocycles. The fourth-order valence-corrected chi connectivity index (χ4v) is 4.15. The summed E-state index contributed by atoms with van der Waals surface area (Å²) in [7, 11) is -0.596. The summed E-state index contributed by atoms with van der Waals surface area (Å²) in [5, 5.41) is 0. The molecule has 0 aliphatic carbocycles. The van der Waals surface area contributed by atoms with Gasteiger partial charge in [-0.15, -0.1) is 6.58 Å². The molecule has 0 spiro atoms. The third-order valence-corrected chi connectivity index (χ3v) is 5.94. The molecule has 0 N–H and O–H groups in total. The van der Waals surface area contributed by atoms with E-state index in [4.69, 9.17) is 9.47 Å². The van der Waals surface area contributed by atoms with Crippen molar-refractivity contribution in [1.29, 1.82) is 0 Å². The smallest absolute Gasteiger partial charge is 0.243 e. The van der Waals surface area contributed by atoms with Crippen LogP contribution < -0.4 is 9.47 Å². The molecule has 0 atom stereocenters. The Balaban J connectivity index is 2.39. The number of nitrogens with zero attached hydrogens (tertiary/aromatic N) is 1. The van der Waals surface area contributed by atoms with E-state index in [0.717, 1.165) is 10.0 Å². The molecule has 2 aromatic rings. The van der Waals surface area contributed by atoms with Crippen LogP contribution in [0.5, 0.6) is 11.5 Å². The fourth-order valence-electron chi connectivity index (χ4n) is 2.35. The van der Waals surface area contributed by atoms with Crippen molar-refractivity contribution in [2.75, 3.05) is 20.8 Å². The van der Waals surface area contributed by atoms with Gasteiger partial charge < -0.3 is 9.47 Å². The Morgan fingerprint density at radius 2 is 1.80 bits per heavy atom. The number of rotatable bonds is 8. The SMILES string of the molecule is C=CCN(Cc1cc(Br)ccc1OC)S(=O)(=O)c1ccc(OC)cc1. The lowest BCUT2D eigenvalue weighted by Gasteiger charge is -2.22. The molecular weight excluding hydrogens is 406 g/mol. The number of benzene rings is 2. The molecule has 0 aromatic heterocycles. The summed E-state index contributed by atoms with van der Waals surface area (Å²) < 4.78 is 38.6. The number of halogens is 1. The number of hydrogen-bond acceptors (Lipinski definition) is 4. The van der Waals surface area contributed by atoms with E-state index in [0.29, 0.717) is 11.5 Å². The summed E-state index contributed by atoms with van der Waals surface area (Å²) in [5.41, 5.74) is 0.760. The monoisotopic (exact) mass is 425 g/mol. The van der Waals surface area contributed by atoms with Crippen LogP contribution in [0.15, 0.2) is 64.5 Å². The van der Waals surface area contributed by atoms with Crippen molar-refractivity contribution < 1.29 is 17.9 Å². The van der Waals surface area contributed by atoms with Gasteiger partial charge in [-0.2, -0.15) is 4.31 Å². The predicted octanol–water partition coefficient (Wildman–Crippen LogP) is 3.84. The van der Waals surface area contributed by atoms with E-state index in [-0.39, 0.29) is 18.0 Å². The average molecular weight is 426 g/mol. The summed E-state index contributed by atoms with van der Waals surface area (Å²) in [6, 6.07) is 11.8. The van der Waals surface area contributed by atoms with Crippen LogP contribution >= 0.6 is 15.9 Å². The molecule has 0 bridgehead atoms. The van der Waals surface area contributed by atoms with E-state index >= 15 is 0 Å². The van der Waals surface area contributed by atoms with Crippen molar-refractivity contribution in [3.05, 3.63) is 65.2 Å². The number of methoxy groups -OCH3 is 2. The molecule has 7 heteroatoms. The van der Waals surface area contributed by atoms with Gasteiger partial charge in [-0.1, -0.05) is 22.0 Å². The minimum atomic E-state index is -3.69. The van der Waals surface area contributed by atoms with Crippen LogP contribution in [-0.2, 0) is 16.6 Å². The van der Waals surface area contributed by atoms with Crippen molar-refractivity contribution in [3.8, 4) is 11.5 Å². The van der Waals surface area contributed by atoms with Gasteiger partial charge in [0.15, 0.2) is 0 Å². The van der Waals surface area contributed by atoms with Crippen molar-refractivity contribution >= 4 is 26.0 Å². The Hall–Kier alpha value is -1.83. The van der Waals surface area contributed by atoms with Gasteiger partial charge in [0.1, 0.15) is 11.5 Å². The summed E-state index contributed by atoms with van der Waals surface area (Å²) in [6.07, 6.45) is 1.56. The van der Waals surface area contributed by atoms with Crippen LogP contribution in [0.3, 0.4) is 0 Å². The van der Waals surface area contributed by atoms with Crippen LogP contribution in [0.1, 0.15) is 5.56 Å². The zero-order chi connectivity index (χ0) is 18.4. The number of ether oxygens (including phenoxy) is 2. The zero-order valence-corrected chi connectivity index (χ0v) is 16.5. The van der Waals surface area contributed by atoms with E-state index in [9.17, 15) is 8.42 Å². The first-order valence-corrected chi connectivity index (χ1v) is 9.73. The summed E-state index contributed by atoms with van der Waals surface area (Å²) >= 11 is 3.41. The first-order valence-electron chi connectivity index (χ1n) is 7.50. The molecule has 0 saturated heterocycles. The minimum absolute atomic E-state index is 0.170. The molecule has 0 heterocycles. The number of hydrogen-bond donors (Lipinski definition) is 0. The normalized spacial score (nSPS) is 11.4. The first-order chi connectivity index (χ1) is 11.9. The van der Waals surface area contributed by atoms with Gasteiger partial charge in [0.25, 0.3) is 0 Å². The summed E-state index contributed by atoms with van der Waals surface area (Å²) in [5.74, 6) is 1.23. The van der Waals surface area contributed by atoms with Crippen molar-refractivity contribution in [3.63, 3.8) is 0 Å². The summed E-state index contributed by atoms with van der Waals surface area (Å²) in [4.78, 5) is 0.198. The molecule has 0 fully saturated rings. The highest BCUT2D eigenvalue weighted by atomic mass is 79.9. The average Bonchev–Trinajstić information content (AvgIpc) is 2.61. The van der Waals surface area contributed by atoms with E-state index < -0.39 is 10.0 Å². The molecule has 0 saturated carbocycles. The van der Waals surface area contributed by atoms with Gasteiger partial charge in [0.05, 0.1) is 19.1 Å². The van der Waals surface area contributed by atoms with Crippen molar-refractivity contribution in [2.24, 2.45) is 0 Å². The predicted molar refractivity (Wildman–Crippen MR) is 101 cm³/mol. The van der Waals surface area contributed by atoms with Crippen LogP contribution in [0.2, 0.25) is 0 Å². The molecule has 0 unspecified atom stereocenters. The molecule has 134 valence electrons. The lowest BCUT2D eigenvalue weighted by atomic mass is 10.2. The minimum Gasteiger partial charge on any atom is -0.497 e. The Labute approximate surface area is 157 Å². The highest BCUT2D eigenvalue weighted by Crippen LogP contribution is 2.27. The molecule has 0 amide bonds. The first kappa shape index (κ1) is 19.5. The van der Waals surface area contributed by atoms with E-state index in [1.165, 1.54) is 23.5 Å². The maximum atomic E-state index is 13.0. The van der Waals surface area contributed by atoms with Gasteiger partial charge in [-0.05, 0) is 42.5 Å². The third kappa shape index (κ3) is 4.62. The van der Waals surface area contributed by atoms with E-state index in [1.54, 1.807) is 31.4 Å². The van der Waals surface area contributed by atoms with Gasteiger partial charge >= 0.3 is 0 Å². The summed E-state index contributed by atoms with van der Waals surface area (Å²) in [6.45, 7) is 4.02. The van der Waals surface area contributed by atoms with Crippen LogP contribution in [-0.4, -0.2) is 33.5 Å². The molecular formula is C18H20BrNO4S. The second kappa shape index (κ2) is 8.51. The quantitative estimate of drug-likeness (QED) is 0.602. The Bertz CT molecular complexity index is 835. The van der Waals surface area contributed by atoms with Gasteiger partial charge in [-0.25, -0.2) is 8.42 Å². The molecule has 5 nitrogen and oxygen atoms in total. The highest BCUT2D eigenvalue weighted by molar-refractivity contribution is 9.10. The largest absolute Gasteiger partial charge is 0.497 e. The molecule has 25 heavy (non-hydrogen) atoms. The van der Waals surface area contributed by atoms with Crippen LogP contribution in [0, 0.1) is 0 Å². The standard InChI is InChI=1S/C18H20BrNO4S/c1-4-11-20(13-14-12-15(19)5-10-18(14)24-3)25(21,22)17-8-6-16(23-2)7-9-17/h4-10,12H,1,11,13H2,2-3H3. The van der Waals surface area contributed by atoms with Crippen molar-refractivity contribution in [2.45, 2.75) is 11.4 Å². The van der Waals surface area contributed by atoms with E-state index in [2.05, 4.69) is 22.5 Å². The van der Waals surface area contributed by atoms with Crippen molar-refractivity contribution in [1.82, 2.24) is 4.31 Å². The molecule has 0 aliphatic heterocycles. The second-order valence-electron chi connectivity index (χ2n) is 5.22. The van der Waals surface area contributed by atoms with E-state index in [1.807, 2.05) is 12.1 Å². The third-order valence-electron chi connectivity index (χ3n) is 3.62. The maximum absolute atomic E-state index is 13.0. The Morgan fingerprint density at radius 3 is 2.36 bits per heavy atom. The number of sulfonamides is 1. The lowest BCUT2D eigenvalue weighted by molar-refractivity contribution is 0.391. The second-order valence-corrected chi connectivity index (χ2v) is 8.07. The fraction of sp³-hybridized carbons (Fsp3) is 0.222. The Kier molecular flexibility index (Phi) is 6.64. The topological polar surface area (TPSA) is 55.8 Å². The zero-order valence-electron chi connectivity index (χ0n) is 14.1. The Morgan fingerprint density at radius 1 is 1.12 bits per heavy atom. The van der Waals surface area contributed by atoms with Gasteiger partial charge in [0, 0.05) is 23.1 Å².